The number of halogens is 1. The average Bonchev–Trinajstić information content (AvgIpc) is 3.20. The van der Waals surface area contributed by atoms with Gasteiger partial charge in [0, 0.05) is 10.9 Å². The molecule has 0 radical (unpaired) electrons. The molecule has 5 rings (SSSR count). The Labute approximate surface area is 172 Å². The number of hydrogen-bond donors (Lipinski definition) is 0. The summed E-state index contributed by atoms with van der Waals surface area (Å²) in [6.45, 7) is 6.73. The van der Waals surface area contributed by atoms with Gasteiger partial charge in [-0.1, -0.05) is 0 Å². The van der Waals surface area contributed by atoms with Crippen molar-refractivity contribution in [2.24, 2.45) is 0 Å². The van der Waals surface area contributed by atoms with E-state index < -0.39 is 11.9 Å². The van der Waals surface area contributed by atoms with Gasteiger partial charge in [0.2, 0.25) is 5.88 Å². The maximum atomic E-state index is 13.3. The molecule has 30 heavy (non-hydrogen) atoms. The van der Waals surface area contributed by atoms with Crippen molar-refractivity contribution in [3.63, 3.8) is 0 Å². The van der Waals surface area contributed by atoms with Crippen LogP contribution < -0.4 is 4.74 Å². The molecule has 1 aromatic carbocycles. The van der Waals surface area contributed by atoms with Crippen molar-refractivity contribution in [3.8, 4) is 11.6 Å². The number of ether oxygens (including phenoxy) is 3. The smallest absolute Gasteiger partial charge is 0.391 e. The van der Waals surface area contributed by atoms with Crippen LogP contribution in [0.25, 0.3) is 16.7 Å². The Morgan fingerprint density at radius 3 is 2.73 bits per heavy atom. The molecule has 0 bridgehead atoms. The van der Waals surface area contributed by atoms with Gasteiger partial charge in [0.05, 0.1) is 31.1 Å². The van der Waals surface area contributed by atoms with Crippen molar-refractivity contribution in [2.75, 3.05) is 13.2 Å². The molecule has 1 amide bonds. The summed E-state index contributed by atoms with van der Waals surface area (Å²) in [6.07, 6.45) is -0.694. The van der Waals surface area contributed by atoms with Crippen LogP contribution in [-0.2, 0) is 16.0 Å². The van der Waals surface area contributed by atoms with E-state index in [0.29, 0.717) is 31.0 Å². The molecule has 0 spiro atoms. The van der Waals surface area contributed by atoms with Crippen LogP contribution in [0.3, 0.4) is 0 Å². The van der Waals surface area contributed by atoms with Gasteiger partial charge in [-0.15, -0.1) is 0 Å². The SMILES string of the molecule is Cc1nn(-c2ccc(F)cc2)c2nc3c(cc12)CN(C[C@H]1COC(C)(C)O1)C(=O)O3. The zero-order valence-electron chi connectivity index (χ0n) is 16.9. The van der Waals surface area contributed by atoms with E-state index in [4.69, 9.17) is 14.2 Å². The van der Waals surface area contributed by atoms with Crippen molar-refractivity contribution in [3.05, 3.63) is 47.4 Å². The van der Waals surface area contributed by atoms with Gasteiger partial charge in [0.15, 0.2) is 11.4 Å². The second kappa shape index (κ2) is 6.75. The number of aromatic nitrogens is 3. The van der Waals surface area contributed by atoms with Crippen LogP contribution in [0.2, 0.25) is 0 Å². The summed E-state index contributed by atoms with van der Waals surface area (Å²) in [5, 5.41) is 5.38. The minimum Gasteiger partial charge on any atom is -0.391 e. The summed E-state index contributed by atoms with van der Waals surface area (Å²) in [7, 11) is 0. The highest BCUT2D eigenvalue weighted by molar-refractivity contribution is 5.83. The molecule has 0 unspecified atom stereocenters. The number of rotatable bonds is 3. The number of hydrogen-bond acceptors (Lipinski definition) is 6. The lowest BCUT2D eigenvalue weighted by Gasteiger charge is -2.29. The van der Waals surface area contributed by atoms with Crippen LogP contribution in [0, 0.1) is 12.7 Å². The van der Waals surface area contributed by atoms with Crippen molar-refractivity contribution < 1.29 is 23.4 Å². The van der Waals surface area contributed by atoms with E-state index in [-0.39, 0.29) is 17.8 Å². The third-order valence-corrected chi connectivity index (χ3v) is 5.25. The summed E-state index contributed by atoms with van der Waals surface area (Å²) in [6, 6.07) is 7.92. The van der Waals surface area contributed by atoms with E-state index in [9.17, 15) is 9.18 Å². The molecule has 156 valence electrons. The molecule has 1 atom stereocenters. The van der Waals surface area contributed by atoms with Gasteiger partial charge < -0.3 is 19.1 Å². The molecule has 2 aromatic heterocycles. The zero-order valence-corrected chi connectivity index (χ0v) is 16.9. The molecule has 2 aliphatic heterocycles. The quantitative estimate of drug-likeness (QED) is 0.657. The predicted molar refractivity (Wildman–Crippen MR) is 105 cm³/mol. The van der Waals surface area contributed by atoms with Crippen molar-refractivity contribution in [1.82, 2.24) is 19.7 Å². The molecule has 0 N–H and O–H groups in total. The first-order chi connectivity index (χ1) is 14.3. The molecule has 1 fully saturated rings. The number of amides is 1. The summed E-state index contributed by atoms with van der Waals surface area (Å²) in [5.41, 5.74) is 2.80. The molecule has 3 aromatic rings. The van der Waals surface area contributed by atoms with Crippen LogP contribution in [0.1, 0.15) is 25.1 Å². The van der Waals surface area contributed by atoms with Crippen molar-refractivity contribution in [2.45, 2.75) is 39.2 Å². The third kappa shape index (κ3) is 3.29. The van der Waals surface area contributed by atoms with Crippen LogP contribution in [-0.4, -0.2) is 50.8 Å². The van der Waals surface area contributed by atoms with E-state index in [1.54, 1.807) is 21.7 Å². The minimum atomic E-state index is -0.651. The zero-order chi connectivity index (χ0) is 21.0. The number of aryl methyl sites for hydroxylation is 1. The summed E-state index contributed by atoms with van der Waals surface area (Å²) in [5.74, 6) is -0.718. The van der Waals surface area contributed by atoms with Crippen LogP contribution in [0.4, 0.5) is 9.18 Å². The molecule has 8 nitrogen and oxygen atoms in total. The lowest BCUT2D eigenvalue weighted by atomic mass is 10.1. The lowest BCUT2D eigenvalue weighted by Crippen LogP contribution is -2.42. The van der Waals surface area contributed by atoms with Crippen molar-refractivity contribution >= 4 is 17.1 Å². The average molecular weight is 412 g/mol. The number of fused-ring (bicyclic) bond motifs is 2. The first kappa shape index (κ1) is 19.0. The van der Waals surface area contributed by atoms with E-state index in [2.05, 4.69) is 10.1 Å². The van der Waals surface area contributed by atoms with Gasteiger partial charge >= 0.3 is 6.09 Å². The van der Waals surface area contributed by atoms with E-state index >= 15 is 0 Å². The second-order valence-electron chi connectivity index (χ2n) is 8.00. The molecule has 1 saturated heterocycles. The van der Waals surface area contributed by atoms with Gasteiger partial charge in [0.25, 0.3) is 0 Å². The standard InChI is InChI=1S/C21H21FN4O4/c1-12-17-8-13-9-25(10-16-11-28-21(2,3)30-16)20(27)29-19(13)23-18(17)26(24-12)15-6-4-14(22)5-7-15/h4-8,16H,9-11H2,1-3H3/t16-/m0/s1. The number of benzene rings is 1. The summed E-state index contributed by atoms with van der Waals surface area (Å²) < 4.78 is 31.8. The normalized spacial score (nSPS) is 20.5. The van der Waals surface area contributed by atoms with Gasteiger partial charge in [0.1, 0.15) is 11.9 Å². The minimum absolute atomic E-state index is 0.214. The Morgan fingerprint density at radius 1 is 1.27 bits per heavy atom. The van der Waals surface area contributed by atoms with Gasteiger partial charge in [-0.2, -0.15) is 10.1 Å². The largest absolute Gasteiger partial charge is 0.416 e. The fourth-order valence-corrected chi connectivity index (χ4v) is 3.83. The molecule has 2 aliphatic rings. The highest BCUT2D eigenvalue weighted by Gasteiger charge is 2.36. The van der Waals surface area contributed by atoms with Crippen LogP contribution in [0.5, 0.6) is 5.88 Å². The first-order valence-electron chi connectivity index (χ1n) is 9.73. The maximum absolute atomic E-state index is 13.3. The van der Waals surface area contributed by atoms with Crippen LogP contribution in [0.15, 0.2) is 30.3 Å². The Kier molecular flexibility index (Phi) is 4.26. The number of pyridine rings is 1. The Balaban J connectivity index is 1.46. The Hall–Kier alpha value is -3.04. The third-order valence-electron chi connectivity index (χ3n) is 5.25. The Bertz CT molecular complexity index is 1140. The highest BCUT2D eigenvalue weighted by atomic mass is 19.1. The molecule has 0 saturated carbocycles. The van der Waals surface area contributed by atoms with Gasteiger partial charge in [-0.05, 0) is 51.1 Å². The van der Waals surface area contributed by atoms with E-state index in [1.165, 1.54) is 12.1 Å². The molecule has 9 heteroatoms. The van der Waals surface area contributed by atoms with Crippen LogP contribution >= 0.6 is 0 Å². The summed E-state index contributed by atoms with van der Waals surface area (Å²) in [4.78, 5) is 18.7. The molecule has 0 aliphatic carbocycles. The van der Waals surface area contributed by atoms with Crippen molar-refractivity contribution in [1.29, 1.82) is 0 Å². The topological polar surface area (TPSA) is 78.7 Å². The van der Waals surface area contributed by atoms with E-state index in [0.717, 1.165) is 16.6 Å². The fraction of sp³-hybridized carbons (Fsp3) is 0.381. The number of carbonyl (C=O) groups excluding carboxylic acids is 1. The number of nitrogens with zero attached hydrogens (tertiary/aromatic N) is 4. The Morgan fingerprint density at radius 2 is 2.03 bits per heavy atom. The van der Waals surface area contributed by atoms with E-state index in [1.807, 2.05) is 26.8 Å². The number of carbonyl (C=O) groups is 1. The van der Waals surface area contributed by atoms with Gasteiger partial charge in [-0.25, -0.2) is 13.9 Å². The maximum Gasteiger partial charge on any atom is 0.416 e. The molecular formula is C21H21FN4O4. The van der Waals surface area contributed by atoms with Gasteiger partial charge in [-0.3, -0.25) is 0 Å². The monoisotopic (exact) mass is 412 g/mol. The lowest BCUT2D eigenvalue weighted by molar-refractivity contribution is -0.140. The predicted octanol–water partition coefficient (Wildman–Crippen LogP) is 3.33. The molecule has 4 heterocycles. The summed E-state index contributed by atoms with van der Waals surface area (Å²) >= 11 is 0. The first-order valence-corrected chi connectivity index (χ1v) is 9.73. The fourth-order valence-electron chi connectivity index (χ4n) is 3.83. The highest BCUT2D eigenvalue weighted by Crippen LogP contribution is 2.31. The second-order valence-corrected chi connectivity index (χ2v) is 8.00. The molecular weight excluding hydrogens is 391 g/mol.